The van der Waals surface area contributed by atoms with Crippen molar-refractivity contribution in [2.45, 2.75) is 13.8 Å². The summed E-state index contributed by atoms with van der Waals surface area (Å²) in [5.41, 5.74) is 3.79. The molecule has 26 heavy (non-hydrogen) atoms. The molecule has 4 rings (SSSR count). The van der Waals surface area contributed by atoms with E-state index in [0.717, 1.165) is 32.7 Å². The monoisotopic (exact) mass is 382 g/mol. The molecule has 0 atom stereocenters. The number of aryl methyl sites for hydroxylation is 2. The van der Waals surface area contributed by atoms with Gasteiger partial charge in [-0.1, -0.05) is 29.8 Å². The molecule has 4 nitrogen and oxygen atoms in total. The largest absolute Gasteiger partial charge is 0.456 e. The lowest BCUT2D eigenvalue weighted by Gasteiger charge is -2.08. The molecule has 0 bridgehead atoms. The highest BCUT2D eigenvalue weighted by molar-refractivity contribution is 7.06. The quantitative estimate of drug-likeness (QED) is 0.467. The van der Waals surface area contributed by atoms with E-state index >= 15 is 0 Å². The maximum absolute atomic E-state index is 12.4. The summed E-state index contributed by atoms with van der Waals surface area (Å²) >= 11 is 7.34. The summed E-state index contributed by atoms with van der Waals surface area (Å²) < 4.78 is 10.0. The van der Waals surface area contributed by atoms with Gasteiger partial charge in [0, 0.05) is 21.5 Å². The Morgan fingerprint density at radius 1 is 1.15 bits per heavy atom. The zero-order chi connectivity index (χ0) is 18.3. The van der Waals surface area contributed by atoms with Crippen molar-refractivity contribution in [3.8, 4) is 11.3 Å². The van der Waals surface area contributed by atoms with Crippen LogP contribution in [0.25, 0.3) is 22.3 Å². The van der Waals surface area contributed by atoms with Crippen LogP contribution in [0.4, 0.5) is 5.69 Å². The molecular weight excluding hydrogens is 368 g/mol. The number of amides is 1. The molecule has 0 saturated carbocycles. The van der Waals surface area contributed by atoms with Crippen LogP contribution in [0.15, 0.2) is 52.9 Å². The Balaban J connectivity index is 1.61. The summed E-state index contributed by atoms with van der Waals surface area (Å²) in [6, 6.07) is 15.6. The average molecular weight is 383 g/mol. The van der Waals surface area contributed by atoms with Gasteiger partial charge in [0.05, 0.1) is 5.02 Å². The summed E-state index contributed by atoms with van der Waals surface area (Å²) in [5, 5.41) is 4.32. The van der Waals surface area contributed by atoms with Crippen molar-refractivity contribution in [1.82, 2.24) is 4.37 Å². The number of aromatic nitrogens is 1. The Morgan fingerprint density at radius 2 is 1.96 bits per heavy atom. The Labute approximate surface area is 159 Å². The number of hydrogen-bond acceptors (Lipinski definition) is 4. The van der Waals surface area contributed by atoms with E-state index in [0.29, 0.717) is 10.7 Å². The number of para-hydroxylation sites is 1. The lowest BCUT2D eigenvalue weighted by Crippen LogP contribution is -2.12. The molecule has 0 spiro atoms. The Kier molecular flexibility index (Phi) is 4.26. The van der Waals surface area contributed by atoms with E-state index in [1.807, 2.05) is 62.4 Å². The highest BCUT2D eigenvalue weighted by Gasteiger charge is 2.17. The molecule has 0 aliphatic carbocycles. The number of carbonyl (C=O) groups is 1. The lowest BCUT2D eigenvalue weighted by atomic mass is 10.1. The smallest absolute Gasteiger partial charge is 0.276 e. The van der Waals surface area contributed by atoms with Crippen molar-refractivity contribution in [1.29, 1.82) is 0 Å². The number of fused-ring (bicyclic) bond motifs is 1. The van der Waals surface area contributed by atoms with Gasteiger partial charge >= 0.3 is 0 Å². The number of nitrogens with zero attached hydrogens (tertiary/aromatic N) is 1. The number of rotatable bonds is 3. The molecule has 130 valence electrons. The molecule has 2 aromatic heterocycles. The van der Waals surface area contributed by atoms with Gasteiger partial charge in [-0.2, -0.15) is 4.37 Å². The normalized spacial score (nSPS) is 11.0. The molecular formula is C20H15ClN2O2S. The maximum Gasteiger partial charge on any atom is 0.276 e. The zero-order valence-electron chi connectivity index (χ0n) is 14.2. The van der Waals surface area contributed by atoms with Crippen molar-refractivity contribution < 1.29 is 9.21 Å². The highest BCUT2D eigenvalue weighted by atomic mass is 35.5. The zero-order valence-corrected chi connectivity index (χ0v) is 15.7. The number of furan rings is 1. The molecule has 2 heterocycles. The molecule has 6 heteroatoms. The molecule has 0 aliphatic heterocycles. The molecule has 2 aromatic carbocycles. The number of nitrogens with one attached hydrogen (secondary N) is 1. The molecule has 4 aromatic rings. The second-order valence-corrected chi connectivity index (χ2v) is 7.39. The topological polar surface area (TPSA) is 55.1 Å². The SMILES string of the molecule is Cc1cc(NC(=O)c2nsc(C)c2Cl)ccc1-c1cc2ccccc2o1. The van der Waals surface area contributed by atoms with Crippen molar-refractivity contribution in [2.24, 2.45) is 0 Å². The van der Waals surface area contributed by atoms with E-state index in [1.165, 1.54) is 11.5 Å². The second kappa shape index (κ2) is 6.59. The van der Waals surface area contributed by atoms with Crippen LogP contribution in [0, 0.1) is 13.8 Å². The number of carbonyl (C=O) groups excluding carboxylic acids is 1. The standard InChI is InChI=1S/C20H15ClN2O2S/c1-11-9-14(22-20(24)19-18(21)12(2)26-23-19)7-8-15(11)17-10-13-5-3-4-6-16(13)25-17/h3-10H,1-2H3,(H,22,24). The third-order valence-corrected chi connectivity index (χ3v) is 5.51. The molecule has 1 N–H and O–H groups in total. The molecule has 0 aliphatic rings. The fraction of sp³-hybridized carbons (Fsp3) is 0.100. The van der Waals surface area contributed by atoms with Crippen molar-refractivity contribution in [3.05, 3.63) is 69.7 Å². The predicted molar refractivity (Wildman–Crippen MR) is 106 cm³/mol. The summed E-state index contributed by atoms with van der Waals surface area (Å²) in [4.78, 5) is 13.2. The minimum absolute atomic E-state index is 0.258. The number of hydrogen-bond donors (Lipinski definition) is 1. The van der Waals surface area contributed by atoms with Gasteiger partial charge in [-0.05, 0) is 61.3 Å². The van der Waals surface area contributed by atoms with Crippen LogP contribution >= 0.6 is 23.1 Å². The number of benzene rings is 2. The van der Waals surface area contributed by atoms with Gasteiger partial charge in [0.15, 0.2) is 5.69 Å². The van der Waals surface area contributed by atoms with Gasteiger partial charge in [-0.25, -0.2) is 0 Å². The molecule has 0 saturated heterocycles. The summed E-state index contributed by atoms with van der Waals surface area (Å²) in [6.45, 7) is 3.82. The molecule has 0 fully saturated rings. The maximum atomic E-state index is 12.4. The van der Waals surface area contributed by atoms with Gasteiger partial charge in [0.25, 0.3) is 5.91 Å². The van der Waals surface area contributed by atoms with Crippen LogP contribution in [0.3, 0.4) is 0 Å². The van der Waals surface area contributed by atoms with Crippen LogP contribution in [0.1, 0.15) is 20.9 Å². The van der Waals surface area contributed by atoms with Crippen molar-refractivity contribution >= 4 is 45.7 Å². The molecule has 1 amide bonds. The predicted octanol–water partition coefficient (Wildman–Crippen LogP) is 6.08. The Bertz CT molecular complexity index is 1100. The number of halogens is 1. The lowest BCUT2D eigenvalue weighted by molar-refractivity contribution is 0.102. The fourth-order valence-electron chi connectivity index (χ4n) is 2.82. The molecule has 0 radical (unpaired) electrons. The minimum Gasteiger partial charge on any atom is -0.456 e. The van der Waals surface area contributed by atoms with Crippen molar-refractivity contribution in [2.75, 3.05) is 5.32 Å². The summed E-state index contributed by atoms with van der Waals surface area (Å²) in [7, 11) is 0. The summed E-state index contributed by atoms with van der Waals surface area (Å²) in [6.07, 6.45) is 0. The van der Waals surface area contributed by atoms with Gasteiger partial charge in [0.1, 0.15) is 11.3 Å². The first-order valence-electron chi connectivity index (χ1n) is 8.05. The third-order valence-electron chi connectivity index (χ3n) is 4.18. The fourth-order valence-corrected chi connectivity index (χ4v) is 3.69. The Hall–Kier alpha value is -2.63. The molecule has 0 unspecified atom stereocenters. The van der Waals surface area contributed by atoms with E-state index in [9.17, 15) is 4.79 Å². The third kappa shape index (κ3) is 3.00. The second-order valence-electron chi connectivity index (χ2n) is 6.03. The van der Waals surface area contributed by atoms with E-state index < -0.39 is 0 Å². The van der Waals surface area contributed by atoms with Crippen LogP contribution in [0.2, 0.25) is 5.02 Å². The van der Waals surface area contributed by atoms with Gasteiger partial charge in [0.2, 0.25) is 0 Å². The van der Waals surface area contributed by atoms with E-state index in [2.05, 4.69) is 9.69 Å². The van der Waals surface area contributed by atoms with E-state index in [-0.39, 0.29) is 11.6 Å². The summed E-state index contributed by atoms with van der Waals surface area (Å²) in [5.74, 6) is 0.495. The van der Waals surface area contributed by atoms with Gasteiger partial charge in [-0.15, -0.1) is 0 Å². The van der Waals surface area contributed by atoms with Crippen LogP contribution in [-0.4, -0.2) is 10.3 Å². The minimum atomic E-state index is -0.310. The first kappa shape index (κ1) is 16.8. The first-order chi connectivity index (χ1) is 12.5. The first-order valence-corrected chi connectivity index (χ1v) is 9.21. The number of anilines is 1. The van der Waals surface area contributed by atoms with Crippen LogP contribution in [-0.2, 0) is 0 Å². The Morgan fingerprint density at radius 3 is 2.65 bits per heavy atom. The highest BCUT2D eigenvalue weighted by Crippen LogP contribution is 2.31. The van der Waals surface area contributed by atoms with Crippen molar-refractivity contribution in [3.63, 3.8) is 0 Å². The average Bonchev–Trinajstić information content (AvgIpc) is 3.19. The van der Waals surface area contributed by atoms with E-state index in [4.69, 9.17) is 16.0 Å². The van der Waals surface area contributed by atoms with Gasteiger partial charge < -0.3 is 9.73 Å². The van der Waals surface area contributed by atoms with Crippen LogP contribution < -0.4 is 5.32 Å². The van der Waals surface area contributed by atoms with Gasteiger partial charge in [-0.3, -0.25) is 4.79 Å². The van der Waals surface area contributed by atoms with Crippen LogP contribution in [0.5, 0.6) is 0 Å². The van der Waals surface area contributed by atoms with E-state index in [1.54, 1.807) is 0 Å².